The van der Waals surface area contributed by atoms with Crippen molar-refractivity contribution in [2.24, 2.45) is 5.73 Å². The SMILES string of the molecule is CC(O)(COC1CCC(N)CC1)c1ccccc1. The summed E-state index contributed by atoms with van der Waals surface area (Å²) in [5, 5.41) is 10.4. The van der Waals surface area contributed by atoms with Gasteiger partial charge in [-0.25, -0.2) is 0 Å². The van der Waals surface area contributed by atoms with Crippen LogP contribution in [-0.4, -0.2) is 23.9 Å². The molecule has 0 aliphatic heterocycles. The number of hydrogen-bond acceptors (Lipinski definition) is 3. The van der Waals surface area contributed by atoms with Crippen molar-refractivity contribution in [2.45, 2.75) is 50.4 Å². The van der Waals surface area contributed by atoms with E-state index in [1.165, 1.54) is 0 Å². The van der Waals surface area contributed by atoms with Crippen LogP contribution in [0.4, 0.5) is 0 Å². The molecular formula is C15H23NO2. The van der Waals surface area contributed by atoms with E-state index in [-0.39, 0.29) is 6.10 Å². The molecule has 2 rings (SSSR count). The summed E-state index contributed by atoms with van der Waals surface area (Å²) in [5.41, 5.74) is 5.85. The van der Waals surface area contributed by atoms with E-state index in [2.05, 4.69) is 0 Å². The van der Waals surface area contributed by atoms with Crippen LogP contribution in [-0.2, 0) is 10.3 Å². The number of hydrogen-bond donors (Lipinski definition) is 2. The molecule has 1 aromatic carbocycles. The fourth-order valence-corrected chi connectivity index (χ4v) is 2.42. The normalized spacial score (nSPS) is 27.7. The van der Waals surface area contributed by atoms with E-state index in [4.69, 9.17) is 10.5 Å². The minimum atomic E-state index is -0.916. The van der Waals surface area contributed by atoms with Gasteiger partial charge in [-0.15, -0.1) is 0 Å². The van der Waals surface area contributed by atoms with Gasteiger partial charge in [0.05, 0.1) is 12.7 Å². The Morgan fingerprint density at radius 1 is 1.22 bits per heavy atom. The quantitative estimate of drug-likeness (QED) is 0.860. The summed E-state index contributed by atoms with van der Waals surface area (Å²) in [6, 6.07) is 10.0. The van der Waals surface area contributed by atoms with Gasteiger partial charge in [0.15, 0.2) is 0 Å². The zero-order valence-electron chi connectivity index (χ0n) is 11.0. The van der Waals surface area contributed by atoms with E-state index >= 15 is 0 Å². The Bertz CT molecular complexity index is 356. The van der Waals surface area contributed by atoms with Crippen LogP contribution >= 0.6 is 0 Å². The second-order valence-electron chi connectivity index (χ2n) is 5.49. The van der Waals surface area contributed by atoms with Gasteiger partial charge in [-0.1, -0.05) is 30.3 Å². The summed E-state index contributed by atoms with van der Waals surface area (Å²) in [7, 11) is 0. The van der Waals surface area contributed by atoms with Crippen LogP contribution in [0.25, 0.3) is 0 Å². The molecule has 18 heavy (non-hydrogen) atoms. The number of benzene rings is 1. The molecule has 1 aliphatic rings. The van der Waals surface area contributed by atoms with Crippen LogP contribution in [0.5, 0.6) is 0 Å². The lowest BCUT2D eigenvalue weighted by Crippen LogP contribution is -2.34. The third kappa shape index (κ3) is 3.55. The maximum absolute atomic E-state index is 10.4. The van der Waals surface area contributed by atoms with Crippen molar-refractivity contribution in [3.63, 3.8) is 0 Å². The van der Waals surface area contributed by atoms with Crippen molar-refractivity contribution in [1.82, 2.24) is 0 Å². The summed E-state index contributed by atoms with van der Waals surface area (Å²) in [4.78, 5) is 0. The van der Waals surface area contributed by atoms with Gasteiger partial charge in [0, 0.05) is 6.04 Å². The fourth-order valence-electron chi connectivity index (χ4n) is 2.42. The Morgan fingerprint density at radius 2 is 1.83 bits per heavy atom. The third-order valence-corrected chi connectivity index (χ3v) is 3.71. The van der Waals surface area contributed by atoms with Crippen molar-refractivity contribution < 1.29 is 9.84 Å². The van der Waals surface area contributed by atoms with Crippen LogP contribution in [0, 0.1) is 0 Å². The van der Waals surface area contributed by atoms with Crippen LogP contribution in [0.15, 0.2) is 30.3 Å². The number of nitrogens with two attached hydrogens (primary N) is 1. The summed E-state index contributed by atoms with van der Waals surface area (Å²) >= 11 is 0. The smallest absolute Gasteiger partial charge is 0.110 e. The maximum Gasteiger partial charge on any atom is 0.110 e. The molecule has 1 aromatic rings. The fraction of sp³-hybridized carbons (Fsp3) is 0.600. The Hall–Kier alpha value is -0.900. The molecule has 0 heterocycles. The predicted octanol–water partition coefficient (Wildman–Crippen LogP) is 2.18. The van der Waals surface area contributed by atoms with Crippen molar-refractivity contribution in [3.8, 4) is 0 Å². The average Bonchev–Trinajstić information content (AvgIpc) is 2.39. The molecule has 100 valence electrons. The standard InChI is InChI=1S/C15H23NO2/c1-15(17,12-5-3-2-4-6-12)11-18-14-9-7-13(16)8-10-14/h2-6,13-14,17H,7-11,16H2,1H3. The van der Waals surface area contributed by atoms with E-state index in [1.54, 1.807) is 6.92 Å². The summed E-state index contributed by atoms with van der Waals surface area (Å²) in [5.74, 6) is 0. The van der Waals surface area contributed by atoms with Crippen molar-refractivity contribution in [3.05, 3.63) is 35.9 Å². The minimum absolute atomic E-state index is 0.250. The number of ether oxygens (including phenoxy) is 1. The van der Waals surface area contributed by atoms with Crippen molar-refractivity contribution >= 4 is 0 Å². The molecular weight excluding hydrogens is 226 g/mol. The Labute approximate surface area is 109 Å². The highest BCUT2D eigenvalue weighted by molar-refractivity contribution is 5.21. The average molecular weight is 249 g/mol. The van der Waals surface area contributed by atoms with Gasteiger partial charge in [-0.2, -0.15) is 0 Å². The molecule has 0 spiro atoms. The van der Waals surface area contributed by atoms with Crippen molar-refractivity contribution in [2.75, 3.05) is 6.61 Å². The molecule has 3 N–H and O–H groups in total. The first kappa shape index (κ1) is 13.5. The second-order valence-corrected chi connectivity index (χ2v) is 5.49. The van der Waals surface area contributed by atoms with Crippen LogP contribution in [0.1, 0.15) is 38.2 Å². The van der Waals surface area contributed by atoms with E-state index in [1.807, 2.05) is 30.3 Å². The van der Waals surface area contributed by atoms with Crippen LogP contribution in [0.2, 0.25) is 0 Å². The summed E-state index contributed by atoms with van der Waals surface area (Å²) < 4.78 is 5.84. The summed E-state index contributed by atoms with van der Waals surface area (Å²) in [6.45, 7) is 2.15. The first-order valence-corrected chi connectivity index (χ1v) is 6.73. The zero-order chi connectivity index (χ0) is 13.0. The highest BCUT2D eigenvalue weighted by atomic mass is 16.5. The Morgan fingerprint density at radius 3 is 2.44 bits per heavy atom. The van der Waals surface area contributed by atoms with E-state index in [0.717, 1.165) is 31.2 Å². The number of rotatable bonds is 4. The Kier molecular flexibility index (Phi) is 4.38. The van der Waals surface area contributed by atoms with Gasteiger partial charge in [0.1, 0.15) is 5.60 Å². The van der Waals surface area contributed by atoms with Gasteiger partial charge in [0.25, 0.3) is 0 Å². The van der Waals surface area contributed by atoms with Gasteiger partial charge >= 0.3 is 0 Å². The first-order valence-electron chi connectivity index (χ1n) is 6.73. The summed E-state index contributed by atoms with van der Waals surface area (Å²) in [6.07, 6.45) is 4.31. The van der Waals surface area contributed by atoms with E-state index in [0.29, 0.717) is 12.6 Å². The lowest BCUT2D eigenvalue weighted by atomic mass is 9.93. The molecule has 1 fully saturated rings. The van der Waals surface area contributed by atoms with Gasteiger partial charge in [0.2, 0.25) is 0 Å². The third-order valence-electron chi connectivity index (χ3n) is 3.71. The molecule has 0 radical (unpaired) electrons. The molecule has 1 aliphatic carbocycles. The molecule has 1 unspecified atom stereocenters. The zero-order valence-corrected chi connectivity index (χ0v) is 11.0. The molecule has 3 heteroatoms. The maximum atomic E-state index is 10.4. The predicted molar refractivity (Wildman–Crippen MR) is 72.2 cm³/mol. The lowest BCUT2D eigenvalue weighted by molar-refractivity contribution is -0.0762. The van der Waals surface area contributed by atoms with Gasteiger partial charge < -0.3 is 15.6 Å². The first-order chi connectivity index (χ1) is 8.58. The van der Waals surface area contributed by atoms with E-state index in [9.17, 15) is 5.11 Å². The van der Waals surface area contributed by atoms with Gasteiger partial charge in [-0.3, -0.25) is 0 Å². The monoisotopic (exact) mass is 249 g/mol. The van der Waals surface area contributed by atoms with Gasteiger partial charge in [-0.05, 0) is 38.2 Å². The highest BCUT2D eigenvalue weighted by Crippen LogP contribution is 2.25. The van der Waals surface area contributed by atoms with Crippen LogP contribution < -0.4 is 5.73 Å². The molecule has 1 saturated carbocycles. The number of aliphatic hydroxyl groups is 1. The minimum Gasteiger partial charge on any atom is -0.383 e. The molecule has 0 amide bonds. The molecule has 0 aromatic heterocycles. The highest BCUT2D eigenvalue weighted by Gasteiger charge is 2.26. The lowest BCUT2D eigenvalue weighted by Gasteiger charge is -2.30. The Balaban J connectivity index is 1.86. The molecule has 0 saturated heterocycles. The largest absolute Gasteiger partial charge is 0.383 e. The van der Waals surface area contributed by atoms with Crippen LogP contribution in [0.3, 0.4) is 0 Å². The molecule has 1 atom stereocenters. The molecule has 0 bridgehead atoms. The van der Waals surface area contributed by atoms with E-state index < -0.39 is 5.60 Å². The molecule has 3 nitrogen and oxygen atoms in total. The van der Waals surface area contributed by atoms with Crippen molar-refractivity contribution in [1.29, 1.82) is 0 Å². The topological polar surface area (TPSA) is 55.5 Å². The second kappa shape index (κ2) is 5.83.